The topological polar surface area (TPSA) is 56.1 Å². The van der Waals surface area contributed by atoms with Crippen LogP contribution in [0.15, 0.2) is 54.7 Å². The van der Waals surface area contributed by atoms with Gasteiger partial charge in [-0.05, 0) is 24.6 Å². The quantitative estimate of drug-likeness (QED) is 0.384. The van der Waals surface area contributed by atoms with Crippen molar-refractivity contribution in [2.24, 2.45) is 0 Å². The molecule has 5 rings (SSSR count). The third-order valence-electron chi connectivity index (χ3n) is 5.15. The van der Waals surface area contributed by atoms with Crippen LogP contribution < -0.4 is 0 Å². The van der Waals surface area contributed by atoms with Gasteiger partial charge in [-0.2, -0.15) is 0 Å². The summed E-state index contributed by atoms with van der Waals surface area (Å²) in [4.78, 5) is 19.5. The Hall–Kier alpha value is -2.32. The van der Waals surface area contributed by atoms with Gasteiger partial charge in [0.25, 0.3) is 0 Å². The van der Waals surface area contributed by atoms with Gasteiger partial charge in [-0.15, -0.1) is 24.8 Å². The molecule has 4 aromatic rings. The third-order valence-corrected chi connectivity index (χ3v) is 6.17. The van der Waals surface area contributed by atoms with E-state index in [9.17, 15) is 4.79 Å². The molecule has 1 atom stereocenters. The lowest BCUT2D eigenvalue weighted by atomic mass is 10.1. The Balaban J connectivity index is 0.00000136. The van der Waals surface area contributed by atoms with Gasteiger partial charge in [0.2, 0.25) is 0 Å². The second-order valence-corrected chi connectivity index (χ2v) is 7.99. The number of benzene rings is 2. The molecule has 0 aliphatic carbocycles. The van der Waals surface area contributed by atoms with Crippen molar-refractivity contribution in [1.82, 2.24) is 14.3 Å². The Morgan fingerprint density at radius 3 is 2.81 bits per heavy atom. The van der Waals surface area contributed by atoms with Gasteiger partial charge in [0.05, 0.1) is 35.7 Å². The van der Waals surface area contributed by atoms with Crippen molar-refractivity contribution in [3.63, 3.8) is 0 Å². The fourth-order valence-corrected chi connectivity index (χ4v) is 4.75. The van der Waals surface area contributed by atoms with Crippen molar-refractivity contribution in [1.29, 1.82) is 0 Å². The van der Waals surface area contributed by atoms with E-state index in [4.69, 9.17) is 14.5 Å². The van der Waals surface area contributed by atoms with Crippen LogP contribution in [0.4, 0.5) is 4.79 Å². The largest absolute Gasteiger partial charge is 0.450 e. The van der Waals surface area contributed by atoms with Gasteiger partial charge in [0, 0.05) is 18.3 Å². The molecule has 1 aliphatic heterocycles. The normalized spacial score (nSPS) is 16.0. The zero-order valence-corrected chi connectivity index (χ0v) is 19.3. The lowest BCUT2D eigenvalue weighted by Gasteiger charge is -2.32. The summed E-state index contributed by atoms with van der Waals surface area (Å²) in [7, 11) is 0. The molecule has 0 radical (unpaired) electrons. The summed E-state index contributed by atoms with van der Waals surface area (Å²) in [5.74, 6) is 0. The zero-order valence-electron chi connectivity index (χ0n) is 16.9. The van der Waals surface area contributed by atoms with E-state index < -0.39 is 0 Å². The Bertz CT molecular complexity index is 1180. The van der Waals surface area contributed by atoms with Gasteiger partial charge in [-0.25, -0.2) is 9.78 Å². The van der Waals surface area contributed by atoms with Crippen molar-refractivity contribution in [2.75, 3.05) is 26.3 Å². The third kappa shape index (κ3) is 4.50. The first kappa shape index (κ1) is 23.3. The smallest absolute Gasteiger partial charge is 0.409 e. The summed E-state index contributed by atoms with van der Waals surface area (Å²) in [6.07, 6.45) is 1.67. The molecule has 31 heavy (non-hydrogen) atoms. The SMILES string of the molecule is CCOC(=O)N1CCOC(c2ccc3c(c2)sc2nc(-c4ccccc4)cn23)C1.Cl.Cl. The van der Waals surface area contributed by atoms with Gasteiger partial charge < -0.3 is 14.4 Å². The molecule has 1 saturated heterocycles. The Kier molecular flexibility index (Phi) is 7.43. The molecule has 2 aromatic carbocycles. The first-order valence-corrected chi connectivity index (χ1v) is 10.5. The van der Waals surface area contributed by atoms with Crippen LogP contribution in [0.3, 0.4) is 0 Å². The number of amides is 1. The van der Waals surface area contributed by atoms with Crippen molar-refractivity contribution < 1.29 is 14.3 Å². The predicted molar refractivity (Wildman–Crippen MR) is 128 cm³/mol. The van der Waals surface area contributed by atoms with Crippen LogP contribution in [-0.2, 0) is 9.47 Å². The molecule has 1 amide bonds. The molecular weight excluding hydrogens is 457 g/mol. The monoisotopic (exact) mass is 479 g/mol. The summed E-state index contributed by atoms with van der Waals surface area (Å²) in [6, 6.07) is 16.5. The number of carbonyl (C=O) groups is 1. The minimum absolute atomic E-state index is 0. The van der Waals surface area contributed by atoms with Gasteiger partial charge in [0.15, 0.2) is 4.96 Å². The van der Waals surface area contributed by atoms with E-state index in [1.165, 1.54) is 0 Å². The number of thiazole rings is 1. The van der Waals surface area contributed by atoms with Crippen molar-refractivity contribution in [3.8, 4) is 11.3 Å². The first-order chi connectivity index (χ1) is 14.2. The van der Waals surface area contributed by atoms with Gasteiger partial charge in [-0.1, -0.05) is 47.7 Å². The average Bonchev–Trinajstić information content (AvgIpc) is 3.32. The summed E-state index contributed by atoms with van der Waals surface area (Å²) < 4.78 is 14.4. The molecule has 1 aliphatic rings. The number of imidazole rings is 1. The van der Waals surface area contributed by atoms with Gasteiger partial charge in [-0.3, -0.25) is 4.40 Å². The predicted octanol–water partition coefficient (Wildman–Crippen LogP) is 5.59. The molecule has 3 heterocycles. The zero-order chi connectivity index (χ0) is 19.8. The highest BCUT2D eigenvalue weighted by molar-refractivity contribution is 7.23. The number of halogens is 2. The van der Waals surface area contributed by atoms with E-state index >= 15 is 0 Å². The maximum absolute atomic E-state index is 12.1. The summed E-state index contributed by atoms with van der Waals surface area (Å²) in [5.41, 5.74) is 4.28. The van der Waals surface area contributed by atoms with Crippen molar-refractivity contribution in [3.05, 3.63) is 60.3 Å². The minimum atomic E-state index is -0.273. The maximum Gasteiger partial charge on any atom is 0.409 e. The summed E-state index contributed by atoms with van der Waals surface area (Å²) in [6.45, 7) is 3.78. The highest BCUT2D eigenvalue weighted by Gasteiger charge is 2.26. The Morgan fingerprint density at radius 1 is 1.23 bits per heavy atom. The lowest BCUT2D eigenvalue weighted by Crippen LogP contribution is -2.42. The minimum Gasteiger partial charge on any atom is -0.450 e. The highest BCUT2D eigenvalue weighted by atomic mass is 35.5. The van der Waals surface area contributed by atoms with E-state index in [-0.39, 0.29) is 37.0 Å². The number of hydrogen-bond donors (Lipinski definition) is 0. The van der Waals surface area contributed by atoms with Crippen LogP contribution in [0.5, 0.6) is 0 Å². The van der Waals surface area contributed by atoms with E-state index in [0.29, 0.717) is 26.3 Å². The van der Waals surface area contributed by atoms with E-state index in [1.807, 2.05) is 25.1 Å². The Morgan fingerprint density at radius 2 is 2.03 bits per heavy atom. The molecule has 0 spiro atoms. The number of carbonyl (C=O) groups excluding carboxylic acids is 1. The number of nitrogens with zero attached hydrogens (tertiary/aromatic N) is 3. The van der Waals surface area contributed by atoms with Gasteiger partial charge in [0.1, 0.15) is 6.10 Å². The molecule has 1 unspecified atom stereocenters. The second-order valence-electron chi connectivity index (χ2n) is 6.98. The van der Waals surface area contributed by atoms with Crippen LogP contribution in [0.1, 0.15) is 18.6 Å². The Labute approximate surface area is 196 Å². The van der Waals surface area contributed by atoms with Crippen LogP contribution in [0.2, 0.25) is 0 Å². The fraction of sp³-hybridized carbons (Fsp3) is 0.273. The van der Waals surface area contributed by atoms with Crippen LogP contribution in [0.25, 0.3) is 26.4 Å². The summed E-state index contributed by atoms with van der Waals surface area (Å²) >= 11 is 1.66. The van der Waals surface area contributed by atoms with Gasteiger partial charge >= 0.3 is 6.09 Å². The van der Waals surface area contributed by atoms with Crippen LogP contribution in [-0.4, -0.2) is 46.7 Å². The molecule has 0 bridgehead atoms. The molecule has 0 saturated carbocycles. The number of hydrogen-bond acceptors (Lipinski definition) is 5. The lowest BCUT2D eigenvalue weighted by molar-refractivity contribution is -0.0279. The van der Waals surface area contributed by atoms with E-state index in [0.717, 1.165) is 32.0 Å². The molecule has 1 fully saturated rings. The molecule has 2 aromatic heterocycles. The van der Waals surface area contributed by atoms with Crippen LogP contribution in [0, 0.1) is 0 Å². The van der Waals surface area contributed by atoms with Crippen molar-refractivity contribution >= 4 is 57.4 Å². The number of rotatable bonds is 3. The number of morpholine rings is 1. The van der Waals surface area contributed by atoms with Crippen LogP contribution >= 0.6 is 36.2 Å². The average molecular weight is 480 g/mol. The van der Waals surface area contributed by atoms with E-state index in [1.54, 1.807) is 16.2 Å². The fourth-order valence-electron chi connectivity index (χ4n) is 3.70. The second kappa shape index (κ2) is 9.87. The first-order valence-electron chi connectivity index (χ1n) is 9.73. The number of ether oxygens (including phenoxy) is 2. The molecule has 0 N–H and O–H groups in total. The molecular formula is C22H23Cl2N3O3S. The van der Waals surface area contributed by atoms with Crippen molar-refractivity contribution in [2.45, 2.75) is 13.0 Å². The molecule has 164 valence electrons. The number of aromatic nitrogens is 2. The van der Waals surface area contributed by atoms with E-state index in [2.05, 4.69) is 40.9 Å². The standard InChI is InChI=1S/C22H21N3O3S.2ClH/c1-2-27-22(26)24-10-11-28-19(14-24)16-8-9-18-20(12-16)29-21-23-17(13-25(18)21)15-6-4-3-5-7-15;;/h3-9,12-13,19H,2,10-11,14H2,1H3;2*1H. The summed E-state index contributed by atoms with van der Waals surface area (Å²) in [5, 5.41) is 0. The number of fused-ring (bicyclic) bond motifs is 3. The highest BCUT2D eigenvalue weighted by Crippen LogP contribution is 2.32. The molecule has 6 nitrogen and oxygen atoms in total. The maximum atomic E-state index is 12.1. The molecule has 9 heteroatoms.